The number of benzene rings is 2. The fourth-order valence-corrected chi connectivity index (χ4v) is 5.25. The summed E-state index contributed by atoms with van der Waals surface area (Å²) in [4.78, 5) is 33.7. The molecular formula is C26H27N3O5S. The van der Waals surface area contributed by atoms with Crippen molar-refractivity contribution in [1.82, 2.24) is 9.88 Å². The number of thiazole rings is 1. The van der Waals surface area contributed by atoms with E-state index in [1.807, 2.05) is 41.5 Å². The van der Waals surface area contributed by atoms with Crippen molar-refractivity contribution in [2.75, 3.05) is 25.1 Å². The second-order valence-corrected chi connectivity index (χ2v) is 9.50. The van der Waals surface area contributed by atoms with Crippen molar-refractivity contribution in [3.63, 3.8) is 0 Å². The Morgan fingerprint density at radius 2 is 2.00 bits per heavy atom. The molecular weight excluding hydrogens is 466 g/mol. The summed E-state index contributed by atoms with van der Waals surface area (Å²) < 4.78 is 16.9. The lowest BCUT2D eigenvalue weighted by Crippen LogP contribution is -2.50. The molecule has 0 saturated carbocycles. The maximum atomic E-state index is 13.3. The van der Waals surface area contributed by atoms with Crippen LogP contribution in [0.1, 0.15) is 46.8 Å². The first-order chi connectivity index (χ1) is 17.0. The van der Waals surface area contributed by atoms with Gasteiger partial charge in [-0.25, -0.2) is 9.78 Å². The highest BCUT2D eigenvalue weighted by Crippen LogP contribution is 2.33. The zero-order valence-corrected chi connectivity index (χ0v) is 20.5. The van der Waals surface area contributed by atoms with Gasteiger partial charge < -0.3 is 19.1 Å². The van der Waals surface area contributed by atoms with Crippen molar-refractivity contribution in [3.05, 3.63) is 70.2 Å². The van der Waals surface area contributed by atoms with Crippen LogP contribution in [0.25, 0.3) is 0 Å². The van der Waals surface area contributed by atoms with Crippen molar-refractivity contribution < 1.29 is 23.8 Å². The van der Waals surface area contributed by atoms with Gasteiger partial charge in [0.05, 0.1) is 18.4 Å². The van der Waals surface area contributed by atoms with Gasteiger partial charge in [0.1, 0.15) is 29.2 Å². The first kappa shape index (κ1) is 23.2. The molecule has 0 radical (unpaired) electrons. The number of aromatic nitrogens is 1. The van der Waals surface area contributed by atoms with Gasteiger partial charge in [-0.05, 0) is 38.0 Å². The molecule has 1 fully saturated rings. The number of cyclic esters (lactones) is 1. The minimum atomic E-state index is -0.322. The van der Waals surface area contributed by atoms with Gasteiger partial charge in [-0.3, -0.25) is 9.69 Å². The average molecular weight is 494 g/mol. The number of fused-ring (bicyclic) bond motifs is 1. The molecule has 1 aromatic heterocycles. The van der Waals surface area contributed by atoms with E-state index >= 15 is 0 Å². The number of carbonyl (C=O) groups is 2. The minimum Gasteiger partial charge on any atom is -0.496 e. The van der Waals surface area contributed by atoms with Crippen LogP contribution in [0.4, 0.5) is 10.5 Å². The Kier molecular flexibility index (Phi) is 6.59. The van der Waals surface area contributed by atoms with Crippen LogP contribution in [0.5, 0.6) is 11.5 Å². The Hall–Kier alpha value is -3.59. The number of hydrogen-bond donors (Lipinski definition) is 0. The van der Waals surface area contributed by atoms with Crippen LogP contribution in [0, 0.1) is 0 Å². The summed E-state index contributed by atoms with van der Waals surface area (Å²) in [7, 11) is 1.55. The molecule has 1 saturated heterocycles. The van der Waals surface area contributed by atoms with Crippen LogP contribution in [-0.4, -0.2) is 48.1 Å². The van der Waals surface area contributed by atoms with Crippen LogP contribution in [0.15, 0.2) is 54.0 Å². The highest BCUT2D eigenvalue weighted by Gasteiger charge is 2.35. The highest BCUT2D eigenvalue weighted by atomic mass is 32.1. The van der Waals surface area contributed by atoms with E-state index < -0.39 is 0 Å². The van der Waals surface area contributed by atoms with Gasteiger partial charge in [-0.15, -0.1) is 11.3 Å². The number of methoxy groups -OCH3 is 1. The van der Waals surface area contributed by atoms with Crippen molar-refractivity contribution in [2.24, 2.45) is 0 Å². The van der Waals surface area contributed by atoms with E-state index in [-0.39, 0.29) is 24.1 Å². The number of piperidine rings is 1. The molecule has 0 aliphatic carbocycles. The third-order valence-corrected chi connectivity index (χ3v) is 7.37. The average Bonchev–Trinajstić information content (AvgIpc) is 3.44. The number of hydrogen-bond acceptors (Lipinski definition) is 7. The van der Waals surface area contributed by atoms with Gasteiger partial charge in [0.15, 0.2) is 0 Å². The first-order valence-electron chi connectivity index (χ1n) is 11.6. The summed E-state index contributed by atoms with van der Waals surface area (Å²) in [6.45, 7) is 3.31. The second-order valence-electron chi connectivity index (χ2n) is 8.57. The molecule has 3 heterocycles. The van der Waals surface area contributed by atoms with Crippen LogP contribution < -0.4 is 14.4 Å². The first-order valence-corrected chi connectivity index (χ1v) is 12.5. The monoisotopic (exact) mass is 493 g/mol. The van der Waals surface area contributed by atoms with Crippen LogP contribution in [0.3, 0.4) is 0 Å². The number of anilines is 1. The Labute approximate surface area is 208 Å². The van der Waals surface area contributed by atoms with Crippen molar-refractivity contribution in [1.29, 1.82) is 0 Å². The number of nitrogens with zero attached hydrogens (tertiary/aromatic N) is 3. The fourth-order valence-electron chi connectivity index (χ4n) is 4.63. The molecule has 182 valence electrons. The molecule has 2 aliphatic rings. The molecule has 2 aromatic carbocycles. The third-order valence-electron chi connectivity index (χ3n) is 6.43. The maximum absolute atomic E-state index is 13.3. The molecule has 1 atom stereocenters. The summed E-state index contributed by atoms with van der Waals surface area (Å²) in [5, 5.41) is 2.79. The van der Waals surface area contributed by atoms with Crippen molar-refractivity contribution in [3.8, 4) is 11.5 Å². The molecule has 0 N–H and O–H groups in total. The van der Waals surface area contributed by atoms with E-state index in [2.05, 4.69) is 4.98 Å². The zero-order valence-electron chi connectivity index (χ0n) is 19.7. The lowest BCUT2D eigenvalue weighted by Gasteiger charge is -2.40. The quantitative estimate of drug-likeness (QED) is 0.478. The van der Waals surface area contributed by atoms with Gasteiger partial charge in [-0.1, -0.05) is 18.2 Å². The number of carbonyl (C=O) groups excluding carboxylic acids is 2. The zero-order chi connectivity index (χ0) is 24.4. The van der Waals surface area contributed by atoms with Gasteiger partial charge >= 0.3 is 6.09 Å². The van der Waals surface area contributed by atoms with Crippen molar-refractivity contribution in [2.45, 2.75) is 38.5 Å². The lowest BCUT2D eigenvalue weighted by atomic mass is 10.00. The summed E-state index contributed by atoms with van der Waals surface area (Å²) in [6.07, 6.45) is 2.57. The Morgan fingerprint density at radius 1 is 1.20 bits per heavy atom. The summed E-state index contributed by atoms with van der Waals surface area (Å²) in [5.74, 6) is 0.984. The molecule has 0 bridgehead atoms. The summed E-state index contributed by atoms with van der Waals surface area (Å²) in [6, 6.07) is 13.1. The fraction of sp³-hybridized carbons (Fsp3) is 0.346. The Bertz CT molecular complexity index is 1210. The largest absolute Gasteiger partial charge is 0.496 e. The molecule has 35 heavy (non-hydrogen) atoms. The molecule has 8 nitrogen and oxygen atoms in total. The summed E-state index contributed by atoms with van der Waals surface area (Å²) in [5.41, 5.74) is 2.39. The van der Waals surface area contributed by atoms with Gasteiger partial charge in [0, 0.05) is 42.3 Å². The molecule has 2 amide bonds. The maximum Gasteiger partial charge on any atom is 0.414 e. The normalized spacial score (nSPS) is 16.9. The van der Waals surface area contributed by atoms with Gasteiger partial charge in [0.2, 0.25) is 0 Å². The number of rotatable bonds is 6. The number of likely N-dealkylation sites (tertiary alicyclic amines) is 1. The second kappa shape index (κ2) is 9.95. The molecule has 0 spiro atoms. The number of amides is 2. The topological polar surface area (TPSA) is 81.2 Å². The highest BCUT2D eigenvalue weighted by molar-refractivity contribution is 7.09. The molecule has 2 aliphatic heterocycles. The minimum absolute atomic E-state index is 0.0157. The molecule has 9 heteroatoms. The SMILES string of the molecule is COc1cc(OC(C)c2nccs2)ccc1C(=O)N1CCC(N2C(=O)OCc3ccccc32)CC1. The van der Waals surface area contributed by atoms with Crippen LogP contribution >= 0.6 is 11.3 Å². The molecule has 5 rings (SSSR count). The van der Waals surface area contributed by atoms with Crippen LogP contribution in [0.2, 0.25) is 0 Å². The standard InChI is InChI=1S/C26H27N3O5S/c1-17(24-27-11-14-35-24)34-20-7-8-21(23(15-20)32-2)25(30)28-12-9-19(10-13-28)29-22-6-4-3-5-18(22)16-33-26(29)31/h3-8,11,14-15,17,19H,9-10,12-13,16H2,1-2H3. The van der Waals surface area contributed by atoms with E-state index in [4.69, 9.17) is 14.2 Å². The number of ether oxygens (including phenoxy) is 3. The van der Waals surface area contributed by atoms with E-state index in [0.29, 0.717) is 49.6 Å². The van der Waals surface area contributed by atoms with E-state index in [9.17, 15) is 9.59 Å². The smallest absolute Gasteiger partial charge is 0.414 e. The predicted molar refractivity (Wildman–Crippen MR) is 132 cm³/mol. The number of para-hydroxylation sites is 1. The predicted octanol–water partition coefficient (Wildman–Crippen LogP) is 5.05. The van der Waals surface area contributed by atoms with E-state index in [0.717, 1.165) is 16.3 Å². The Morgan fingerprint density at radius 3 is 2.74 bits per heavy atom. The summed E-state index contributed by atoms with van der Waals surface area (Å²) >= 11 is 1.53. The van der Waals surface area contributed by atoms with E-state index in [1.165, 1.54) is 11.3 Å². The van der Waals surface area contributed by atoms with Gasteiger partial charge in [0.25, 0.3) is 5.91 Å². The third kappa shape index (κ3) is 4.68. The molecule has 1 unspecified atom stereocenters. The van der Waals surface area contributed by atoms with Gasteiger partial charge in [-0.2, -0.15) is 0 Å². The van der Waals surface area contributed by atoms with E-state index in [1.54, 1.807) is 36.4 Å². The van der Waals surface area contributed by atoms with Crippen LogP contribution in [-0.2, 0) is 11.3 Å². The molecule has 3 aromatic rings. The van der Waals surface area contributed by atoms with Crippen molar-refractivity contribution >= 4 is 29.0 Å². The lowest BCUT2D eigenvalue weighted by molar-refractivity contribution is 0.0705. The Balaban J connectivity index is 1.26.